The average Bonchev–Trinajstić information content (AvgIpc) is 3.85. The largest absolute Gasteiger partial charge is 0.496 e. The maximum atomic E-state index is 16.7. The number of methoxy groups -OCH3 is 1. The Morgan fingerprint density at radius 1 is 0.980 bits per heavy atom. The van der Waals surface area contributed by atoms with Crippen molar-refractivity contribution in [2.45, 2.75) is 32.8 Å². The molecule has 12 nitrogen and oxygen atoms in total. The van der Waals surface area contributed by atoms with E-state index in [-0.39, 0.29) is 31.4 Å². The number of amides is 2. The number of hydrogen-bond donors (Lipinski definition) is 3. The lowest BCUT2D eigenvalue weighted by Gasteiger charge is -2.35. The minimum Gasteiger partial charge on any atom is -0.496 e. The van der Waals surface area contributed by atoms with Crippen LogP contribution in [0.15, 0.2) is 73.2 Å². The number of para-hydroxylation sites is 1. The SMILES string of the molecule is COc1ccccc1-c1cc(C2=CCCN(C(=O)CCN3C=CNN3)C2)c(F)c2[nH]c(C(=O)N3CCN(c4ncccc4OC(C)C)CC3)cc12.[HH]. The van der Waals surface area contributed by atoms with E-state index in [0.29, 0.717) is 80.3 Å². The van der Waals surface area contributed by atoms with E-state index < -0.39 is 5.82 Å². The van der Waals surface area contributed by atoms with E-state index in [1.54, 1.807) is 40.4 Å². The van der Waals surface area contributed by atoms with Gasteiger partial charge in [-0.15, -0.1) is 5.53 Å². The molecule has 3 aliphatic rings. The molecule has 0 bridgehead atoms. The highest BCUT2D eigenvalue weighted by Gasteiger charge is 2.29. The Balaban J connectivity index is 0.00000464. The standard InChI is InChI=1S/C38H43FN8O4.H2/c1-25(2)51-33-11-6-13-40-37(33)44-18-20-45(21-19-44)38(49)31-23-30-29(27-9-4-5-10-32(27)50-3)22-28(35(39)36(30)42-31)26-8-7-15-46(24-26)34(48)12-16-47-17-14-41-43-47;/h4-6,8-11,13-14,17,22-23,25,41-43H,7,12,15-16,18-21,24H2,1-3H3;1H. The van der Waals surface area contributed by atoms with Crippen LogP contribution < -0.4 is 25.3 Å². The van der Waals surface area contributed by atoms with Crippen molar-refractivity contribution in [3.05, 3.63) is 90.3 Å². The molecule has 5 heterocycles. The second-order valence-corrected chi connectivity index (χ2v) is 13.1. The molecule has 13 heteroatoms. The number of benzene rings is 2. The zero-order valence-electron chi connectivity index (χ0n) is 29.1. The molecule has 1 fully saturated rings. The average molecular weight is 697 g/mol. The Morgan fingerprint density at radius 3 is 2.55 bits per heavy atom. The molecule has 7 rings (SSSR count). The van der Waals surface area contributed by atoms with Crippen molar-refractivity contribution in [3.8, 4) is 22.6 Å². The minimum atomic E-state index is -0.460. The summed E-state index contributed by atoms with van der Waals surface area (Å²) < 4.78 is 28.4. The maximum absolute atomic E-state index is 16.7. The predicted molar refractivity (Wildman–Crippen MR) is 196 cm³/mol. The van der Waals surface area contributed by atoms with Gasteiger partial charge in [-0.2, -0.15) is 0 Å². The third kappa shape index (κ3) is 7.07. The van der Waals surface area contributed by atoms with Crippen LogP contribution in [0.5, 0.6) is 11.5 Å². The van der Waals surface area contributed by atoms with Gasteiger partial charge in [-0.05, 0) is 61.7 Å². The first-order chi connectivity index (χ1) is 24.8. The number of nitrogens with one attached hydrogen (secondary N) is 3. The topological polar surface area (TPSA) is 118 Å². The second kappa shape index (κ2) is 14.7. The zero-order chi connectivity index (χ0) is 35.5. The summed E-state index contributed by atoms with van der Waals surface area (Å²) in [7, 11) is 1.60. The molecule has 0 aliphatic carbocycles. The molecule has 3 aliphatic heterocycles. The number of H-pyrrole nitrogens is 1. The molecule has 268 valence electrons. The molecule has 2 aromatic carbocycles. The van der Waals surface area contributed by atoms with Crippen LogP contribution in [0.2, 0.25) is 0 Å². The highest BCUT2D eigenvalue weighted by molar-refractivity contribution is 6.05. The summed E-state index contributed by atoms with van der Waals surface area (Å²) in [6.45, 7) is 7.40. The maximum Gasteiger partial charge on any atom is 0.270 e. The highest BCUT2D eigenvalue weighted by Crippen LogP contribution is 2.40. The third-order valence-corrected chi connectivity index (χ3v) is 9.42. The number of ether oxygens (including phenoxy) is 2. The van der Waals surface area contributed by atoms with Gasteiger partial charge in [0.25, 0.3) is 5.91 Å². The molecular weight excluding hydrogens is 651 g/mol. The Morgan fingerprint density at radius 2 is 1.78 bits per heavy atom. The van der Waals surface area contributed by atoms with Crippen molar-refractivity contribution in [2.75, 3.05) is 57.8 Å². The van der Waals surface area contributed by atoms with Crippen molar-refractivity contribution < 1.29 is 24.9 Å². The number of carbonyl (C=O) groups is 2. The smallest absolute Gasteiger partial charge is 0.270 e. The van der Waals surface area contributed by atoms with E-state index in [4.69, 9.17) is 9.47 Å². The van der Waals surface area contributed by atoms with Crippen LogP contribution in [0.25, 0.3) is 27.6 Å². The van der Waals surface area contributed by atoms with Gasteiger partial charge in [0, 0.05) is 88.8 Å². The first kappa shape index (κ1) is 33.9. The van der Waals surface area contributed by atoms with Crippen LogP contribution in [0.1, 0.15) is 44.2 Å². The van der Waals surface area contributed by atoms with E-state index in [2.05, 4.69) is 25.8 Å². The molecule has 3 N–H and O–H groups in total. The van der Waals surface area contributed by atoms with Crippen molar-refractivity contribution in [1.29, 1.82) is 0 Å². The van der Waals surface area contributed by atoms with E-state index in [9.17, 15) is 9.59 Å². The van der Waals surface area contributed by atoms with Crippen LogP contribution in [0.3, 0.4) is 0 Å². The highest BCUT2D eigenvalue weighted by atomic mass is 19.1. The number of nitrogens with zero attached hydrogens (tertiary/aromatic N) is 5. The molecule has 2 amide bonds. The number of hydrazine groups is 2. The van der Waals surface area contributed by atoms with Crippen LogP contribution >= 0.6 is 0 Å². The number of anilines is 1. The van der Waals surface area contributed by atoms with E-state index in [1.807, 2.05) is 68.6 Å². The molecule has 1 saturated heterocycles. The van der Waals surface area contributed by atoms with Gasteiger partial charge in [0.05, 0.1) is 18.7 Å². The molecule has 0 radical (unpaired) electrons. The van der Waals surface area contributed by atoms with Gasteiger partial charge >= 0.3 is 0 Å². The van der Waals surface area contributed by atoms with Crippen molar-refractivity contribution in [2.24, 2.45) is 0 Å². The van der Waals surface area contributed by atoms with Gasteiger partial charge in [-0.25, -0.2) is 9.37 Å². The molecule has 2 aromatic heterocycles. The lowest BCUT2D eigenvalue weighted by atomic mass is 9.93. The van der Waals surface area contributed by atoms with E-state index in [1.165, 1.54) is 0 Å². The molecule has 0 unspecified atom stereocenters. The van der Waals surface area contributed by atoms with Gasteiger partial charge in [-0.1, -0.05) is 24.3 Å². The second-order valence-electron chi connectivity index (χ2n) is 13.1. The fourth-order valence-corrected chi connectivity index (χ4v) is 6.90. The summed E-state index contributed by atoms with van der Waals surface area (Å²) in [5.74, 6) is 1.43. The van der Waals surface area contributed by atoms with Crippen molar-refractivity contribution in [1.82, 2.24) is 35.7 Å². The molecule has 51 heavy (non-hydrogen) atoms. The first-order valence-corrected chi connectivity index (χ1v) is 17.4. The summed E-state index contributed by atoms with van der Waals surface area (Å²) in [6, 6.07) is 14.9. The van der Waals surface area contributed by atoms with Crippen LogP contribution in [-0.2, 0) is 4.79 Å². The number of aromatic nitrogens is 2. The summed E-state index contributed by atoms with van der Waals surface area (Å²) in [5, 5.41) is 2.38. The van der Waals surface area contributed by atoms with Crippen molar-refractivity contribution in [3.63, 3.8) is 0 Å². The lowest BCUT2D eigenvalue weighted by Crippen LogP contribution is -2.49. The predicted octanol–water partition coefficient (Wildman–Crippen LogP) is 5.18. The van der Waals surface area contributed by atoms with Gasteiger partial charge in [0.15, 0.2) is 17.4 Å². The lowest BCUT2D eigenvalue weighted by molar-refractivity contribution is -0.131. The molecular formula is C38H45FN8O4. The van der Waals surface area contributed by atoms with E-state index in [0.717, 1.165) is 22.5 Å². The number of rotatable bonds is 10. The number of aromatic amines is 1. The monoisotopic (exact) mass is 696 g/mol. The van der Waals surface area contributed by atoms with Crippen LogP contribution in [0.4, 0.5) is 10.2 Å². The zero-order valence-corrected chi connectivity index (χ0v) is 29.1. The third-order valence-electron chi connectivity index (χ3n) is 9.42. The van der Waals surface area contributed by atoms with Crippen molar-refractivity contribution >= 4 is 34.1 Å². The fourth-order valence-electron chi connectivity index (χ4n) is 6.90. The number of pyridine rings is 1. The molecule has 0 atom stereocenters. The summed E-state index contributed by atoms with van der Waals surface area (Å²) >= 11 is 0. The number of hydrogen-bond acceptors (Lipinski definition) is 9. The fraction of sp³-hybridized carbons (Fsp3) is 0.342. The van der Waals surface area contributed by atoms with Gasteiger partial charge in [0.1, 0.15) is 11.4 Å². The quantitative estimate of drug-likeness (QED) is 0.206. The Kier molecular flexibility index (Phi) is 9.80. The van der Waals surface area contributed by atoms with Gasteiger partial charge < -0.3 is 34.6 Å². The van der Waals surface area contributed by atoms with E-state index >= 15 is 4.39 Å². The van der Waals surface area contributed by atoms with Gasteiger partial charge in [-0.3, -0.25) is 14.6 Å². The van der Waals surface area contributed by atoms with Gasteiger partial charge in [0.2, 0.25) is 5.91 Å². The van der Waals surface area contributed by atoms with Crippen LogP contribution in [0, 0.1) is 5.82 Å². The Labute approximate surface area is 297 Å². The number of piperazine rings is 1. The number of halogens is 1. The Bertz CT molecular complexity index is 1990. The summed E-state index contributed by atoms with van der Waals surface area (Å²) in [6.07, 6.45) is 8.26. The summed E-state index contributed by atoms with van der Waals surface area (Å²) in [5.41, 5.74) is 8.97. The Hall–Kier alpha value is -5.56. The normalized spacial score (nSPS) is 16.1. The minimum absolute atomic E-state index is 0. The number of fused-ring (bicyclic) bond motifs is 1. The number of carbonyl (C=O) groups excluding carboxylic acids is 2. The molecule has 0 saturated carbocycles. The van der Waals surface area contributed by atoms with Crippen LogP contribution in [-0.4, -0.2) is 95.6 Å². The summed E-state index contributed by atoms with van der Waals surface area (Å²) in [4.78, 5) is 40.6. The first-order valence-electron chi connectivity index (χ1n) is 17.4. The molecule has 0 spiro atoms. The molecule has 4 aromatic rings.